The van der Waals surface area contributed by atoms with Crippen molar-refractivity contribution < 1.29 is 44.6 Å². The van der Waals surface area contributed by atoms with Crippen molar-refractivity contribution in [1.29, 1.82) is 0 Å². The van der Waals surface area contributed by atoms with Gasteiger partial charge in [0, 0.05) is 0 Å². The smallest absolute Gasteiger partial charge is 0.335 e. The molecule has 1 aliphatic rings. The van der Waals surface area contributed by atoms with Crippen molar-refractivity contribution in [2.24, 2.45) is 0 Å². The first-order chi connectivity index (χ1) is 8.73. The summed E-state index contributed by atoms with van der Waals surface area (Å²) in [7, 11) is 0. The monoisotopic (exact) mass is 280 g/mol. The molecule has 0 spiro atoms. The van der Waals surface area contributed by atoms with Crippen molar-refractivity contribution in [1.82, 2.24) is 0 Å². The Bertz CT molecular complexity index is 344. The largest absolute Gasteiger partial charge is 0.481 e. The van der Waals surface area contributed by atoms with E-state index in [2.05, 4.69) is 0 Å². The maximum absolute atomic E-state index is 10.8. The molecule has 0 saturated carbocycles. The van der Waals surface area contributed by atoms with Crippen LogP contribution >= 0.6 is 0 Å². The standard InChI is InChI=1S/C10H16O9/c1-3(2-4(11)12)18-10-7(15)5(13)6(14)8(19-10)9(16)17/h3,5-8,10,13-15H,2H2,1H3,(H,11,12)(H,16,17)/t3?,5?,6-,7?,8?,10+/m1/s1. The van der Waals surface area contributed by atoms with E-state index in [1.165, 1.54) is 6.92 Å². The van der Waals surface area contributed by atoms with E-state index in [4.69, 9.17) is 19.7 Å². The highest BCUT2D eigenvalue weighted by atomic mass is 16.7. The molecule has 1 rings (SSSR count). The highest BCUT2D eigenvalue weighted by molar-refractivity contribution is 5.73. The zero-order valence-electron chi connectivity index (χ0n) is 10.0. The van der Waals surface area contributed by atoms with E-state index < -0.39 is 48.7 Å². The van der Waals surface area contributed by atoms with Gasteiger partial charge in [0.2, 0.25) is 0 Å². The van der Waals surface area contributed by atoms with Crippen molar-refractivity contribution in [2.75, 3.05) is 0 Å². The number of carboxylic acids is 2. The lowest BCUT2D eigenvalue weighted by Gasteiger charge is -2.39. The SMILES string of the molecule is CC(CC(=O)O)O[C@H]1OC(C(=O)O)[C@H](O)C(O)C1O. The van der Waals surface area contributed by atoms with Gasteiger partial charge >= 0.3 is 11.9 Å². The number of hydrogen-bond acceptors (Lipinski definition) is 7. The number of aliphatic hydroxyl groups is 3. The number of carbonyl (C=O) groups is 2. The third-order valence-corrected chi connectivity index (χ3v) is 2.64. The van der Waals surface area contributed by atoms with Crippen LogP contribution in [-0.2, 0) is 19.1 Å². The molecule has 9 heteroatoms. The van der Waals surface area contributed by atoms with Gasteiger partial charge in [0.25, 0.3) is 0 Å². The fourth-order valence-electron chi connectivity index (χ4n) is 1.69. The predicted molar refractivity (Wildman–Crippen MR) is 57.1 cm³/mol. The summed E-state index contributed by atoms with van der Waals surface area (Å²) in [6.45, 7) is 1.39. The Hall–Kier alpha value is -1.26. The summed E-state index contributed by atoms with van der Waals surface area (Å²) in [5, 5.41) is 45.8. The van der Waals surface area contributed by atoms with Crippen LogP contribution in [0.15, 0.2) is 0 Å². The summed E-state index contributed by atoms with van der Waals surface area (Å²) in [5.41, 5.74) is 0. The van der Waals surface area contributed by atoms with Gasteiger partial charge < -0.3 is 35.0 Å². The van der Waals surface area contributed by atoms with Gasteiger partial charge in [-0.3, -0.25) is 4.79 Å². The van der Waals surface area contributed by atoms with Crippen LogP contribution in [0.4, 0.5) is 0 Å². The van der Waals surface area contributed by atoms with Gasteiger partial charge in [-0.1, -0.05) is 0 Å². The molecule has 4 unspecified atom stereocenters. The first-order valence-electron chi connectivity index (χ1n) is 5.53. The predicted octanol–water partition coefficient (Wildman–Crippen LogP) is -2.24. The Morgan fingerprint density at radius 3 is 2.21 bits per heavy atom. The second-order valence-corrected chi connectivity index (χ2v) is 4.28. The summed E-state index contributed by atoms with van der Waals surface area (Å²) >= 11 is 0. The lowest BCUT2D eigenvalue weighted by atomic mass is 9.99. The normalized spacial score (nSPS) is 36.7. The van der Waals surface area contributed by atoms with Gasteiger partial charge in [-0.15, -0.1) is 0 Å². The summed E-state index contributed by atoms with van der Waals surface area (Å²) in [5.74, 6) is -2.67. The van der Waals surface area contributed by atoms with E-state index in [1.807, 2.05) is 0 Å². The highest BCUT2D eigenvalue weighted by Gasteiger charge is 2.47. The van der Waals surface area contributed by atoms with Crippen LogP contribution in [0.25, 0.3) is 0 Å². The van der Waals surface area contributed by atoms with E-state index in [1.54, 1.807) is 0 Å². The zero-order valence-corrected chi connectivity index (χ0v) is 10.0. The molecule has 0 aromatic heterocycles. The Labute approximate surface area is 108 Å². The maximum Gasteiger partial charge on any atom is 0.335 e. The van der Waals surface area contributed by atoms with Crippen molar-refractivity contribution >= 4 is 11.9 Å². The molecule has 0 bridgehead atoms. The van der Waals surface area contributed by atoms with Gasteiger partial charge in [-0.25, -0.2) is 4.79 Å². The lowest BCUT2D eigenvalue weighted by Crippen LogP contribution is -2.60. The Morgan fingerprint density at radius 1 is 1.16 bits per heavy atom. The molecule has 0 aromatic rings. The molecule has 6 atom stereocenters. The number of rotatable bonds is 5. The fraction of sp³-hybridized carbons (Fsp3) is 0.800. The molecule has 1 heterocycles. The molecule has 0 aromatic carbocycles. The van der Waals surface area contributed by atoms with Crippen LogP contribution in [0.2, 0.25) is 0 Å². The topological polar surface area (TPSA) is 154 Å². The first kappa shape index (κ1) is 15.8. The molecule has 0 radical (unpaired) electrons. The van der Waals surface area contributed by atoms with Gasteiger partial charge in [-0.05, 0) is 6.92 Å². The van der Waals surface area contributed by atoms with Crippen molar-refractivity contribution in [3.63, 3.8) is 0 Å². The van der Waals surface area contributed by atoms with Crippen molar-refractivity contribution in [2.45, 2.75) is 50.2 Å². The van der Waals surface area contributed by atoms with Crippen LogP contribution in [0.1, 0.15) is 13.3 Å². The molecule has 9 nitrogen and oxygen atoms in total. The molecular weight excluding hydrogens is 264 g/mol. The molecule has 5 N–H and O–H groups in total. The summed E-state index contributed by atoms with van der Waals surface area (Å²) in [4.78, 5) is 21.3. The summed E-state index contributed by atoms with van der Waals surface area (Å²) in [6, 6.07) is 0. The zero-order chi connectivity index (χ0) is 14.7. The van der Waals surface area contributed by atoms with E-state index in [0.717, 1.165) is 0 Å². The number of aliphatic hydroxyl groups excluding tert-OH is 3. The third-order valence-electron chi connectivity index (χ3n) is 2.64. The Balaban J connectivity index is 2.71. The van der Waals surface area contributed by atoms with Crippen molar-refractivity contribution in [3.8, 4) is 0 Å². The number of aliphatic carboxylic acids is 2. The van der Waals surface area contributed by atoms with Gasteiger partial charge in [-0.2, -0.15) is 0 Å². The molecule has 1 fully saturated rings. The minimum atomic E-state index is -1.80. The molecular formula is C10H16O9. The average Bonchev–Trinajstić information content (AvgIpc) is 2.28. The quantitative estimate of drug-likeness (QED) is 0.376. The number of hydrogen-bond donors (Lipinski definition) is 5. The molecule has 1 aliphatic heterocycles. The van der Waals surface area contributed by atoms with Crippen molar-refractivity contribution in [3.05, 3.63) is 0 Å². The van der Waals surface area contributed by atoms with Gasteiger partial charge in [0.15, 0.2) is 12.4 Å². The van der Waals surface area contributed by atoms with Crippen LogP contribution in [-0.4, -0.2) is 74.3 Å². The summed E-state index contributed by atoms with van der Waals surface area (Å²) < 4.78 is 9.85. The molecule has 0 amide bonds. The summed E-state index contributed by atoms with van der Waals surface area (Å²) in [6.07, 6.45) is -9.80. The van der Waals surface area contributed by atoms with E-state index in [-0.39, 0.29) is 6.42 Å². The second kappa shape index (κ2) is 6.26. The average molecular weight is 280 g/mol. The Kier molecular flexibility index (Phi) is 5.20. The lowest BCUT2D eigenvalue weighted by molar-refractivity contribution is -0.303. The minimum absolute atomic E-state index is 0.386. The number of ether oxygens (including phenoxy) is 2. The van der Waals surface area contributed by atoms with E-state index in [0.29, 0.717) is 0 Å². The second-order valence-electron chi connectivity index (χ2n) is 4.28. The maximum atomic E-state index is 10.8. The third kappa shape index (κ3) is 3.85. The highest BCUT2D eigenvalue weighted by Crippen LogP contribution is 2.23. The van der Waals surface area contributed by atoms with Gasteiger partial charge in [0.05, 0.1) is 12.5 Å². The molecule has 19 heavy (non-hydrogen) atoms. The Morgan fingerprint density at radius 2 is 1.74 bits per heavy atom. The molecule has 110 valence electrons. The fourth-order valence-corrected chi connectivity index (χ4v) is 1.69. The molecule has 1 saturated heterocycles. The van der Waals surface area contributed by atoms with E-state index in [9.17, 15) is 24.9 Å². The van der Waals surface area contributed by atoms with Crippen LogP contribution in [0.3, 0.4) is 0 Å². The van der Waals surface area contributed by atoms with E-state index >= 15 is 0 Å². The number of carboxylic acid groups (broad SMARTS) is 2. The first-order valence-corrected chi connectivity index (χ1v) is 5.53. The molecule has 0 aliphatic carbocycles. The van der Waals surface area contributed by atoms with Crippen LogP contribution in [0, 0.1) is 0 Å². The minimum Gasteiger partial charge on any atom is -0.481 e. The van der Waals surface area contributed by atoms with Crippen LogP contribution < -0.4 is 0 Å². The van der Waals surface area contributed by atoms with Crippen LogP contribution in [0.5, 0.6) is 0 Å². The van der Waals surface area contributed by atoms with Gasteiger partial charge in [0.1, 0.15) is 18.3 Å².